The topological polar surface area (TPSA) is 21.1 Å². The Morgan fingerprint density at radius 3 is 2.58 bits per heavy atom. The van der Waals surface area contributed by atoms with Crippen molar-refractivity contribution in [3.8, 4) is 0 Å². The van der Waals surface area contributed by atoms with Crippen LogP contribution in [-0.4, -0.2) is 33.1 Å². The maximum absolute atomic E-state index is 4.21. The molecule has 2 rings (SSSR count). The minimum atomic E-state index is 1.00. The molecule has 1 aromatic heterocycles. The number of nitrogens with zero attached hydrogens (tertiary/aromatic N) is 3. The van der Waals surface area contributed by atoms with Crippen molar-refractivity contribution in [2.24, 2.45) is 7.05 Å². The van der Waals surface area contributed by atoms with Crippen molar-refractivity contribution < 1.29 is 0 Å². The third-order valence-corrected chi connectivity index (χ3v) is 3.61. The summed E-state index contributed by atoms with van der Waals surface area (Å²) in [5.74, 6) is 0. The van der Waals surface area contributed by atoms with E-state index in [4.69, 9.17) is 0 Å². The Hall–Kier alpha value is -1.13. The molecule has 0 N–H and O–H groups in total. The zero-order chi connectivity index (χ0) is 13.5. The van der Waals surface area contributed by atoms with Crippen LogP contribution in [0.1, 0.15) is 11.3 Å². The van der Waals surface area contributed by atoms with Crippen molar-refractivity contribution in [3.63, 3.8) is 0 Å². The molecule has 2 aromatic rings. The van der Waals surface area contributed by atoms with Crippen LogP contribution < -0.4 is 0 Å². The van der Waals surface area contributed by atoms with Gasteiger partial charge in [0, 0.05) is 50.3 Å². The lowest BCUT2D eigenvalue weighted by molar-refractivity contribution is 0.284. The third kappa shape index (κ3) is 4.48. The SMILES string of the molecule is Cn1nccc1CCN(CCBr)Cc1ccccc1. The molecule has 19 heavy (non-hydrogen) atoms. The second kappa shape index (κ2) is 7.46. The Morgan fingerprint density at radius 2 is 1.95 bits per heavy atom. The minimum Gasteiger partial charge on any atom is -0.298 e. The first-order valence-electron chi connectivity index (χ1n) is 6.58. The molecule has 0 saturated carbocycles. The van der Waals surface area contributed by atoms with Gasteiger partial charge in [-0.05, 0) is 11.6 Å². The van der Waals surface area contributed by atoms with Gasteiger partial charge in [-0.15, -0.1) is 0 Å². The molecule has 0 amide bonds. The summed E-state index contributed by atoms with van der Waals surface area (Å²) in [7, 11) is 2.00. The summed E-state index contributed by atoms with van der Waals surface area (Å²) in [6.07, 6.45) is 2.90. The van der Waals surface area contributed by atoms with Crippen molar-refractivity contribution in [1.82, 2.24) is 14.7 Å². The second-order valence-corrected chi connectivity index (χ2v) is 5.44. The van der Waals surface area contributed by atoms with E-state index >= 15 is 0 Å². The van der Waals surface area contributed by atoms with Gasteiger partial charge in [-0.3, -0.25) is 9.58 Å². The predicted octanol–water partition coefficient (Wildman–Crippen LogP) is 2.86. The number of aryl methyl sites for hydroxylation is 1. The van der Waals surface area contributed by atoms with E-state index in [0.29, 0.717) is 0 Å². The molecule has 1 aromatic carbocycles. The Morgan fingerprint density at radius 1 is 1.16 bits per heavy atom. The van der Waals surface area contributed by atoms with E-state index in [-0.39, 0.29) is 0 Å². The molecule has 0 radical (unpaired) electrons. The van der Waals surface area contributed by atoms with Gasteiger partial charge in [0.1, 0.15) is 0 Å². The lowest BCUT2D eigenvalue weighted by Gasteiger charge is -2.21. The molecule has 4 heteroatoms. The Kier molecular flexibility index (Phi) is 5.61. The summed E-state index contributed by atoms with van der Waals surface area (Å²) in [6.45, 7) is 3.12. The van der Waals surface area contributed by atoms with Crippen molar-refractivity contribution in [2.45, 2.75) is 13.0 Å². The van der Waals surface area contributed by atoms with E-state index < -0.39 is 0 Å². The van der Waals surface area contributed by atoms with E-state index in [2.05, 4.69) is 62.3 Å². The summed E-state index contributed by atoms with van der Waals surface area (Å²) in [5.41, 5.74) is 2.65. The van der Waals surface area contributed by atoms with Crippen LogP contribution in [0.3, 0.4) is 0 Å². The summed E-state index contributed by atoms with van der Waals surface area (Å²) in [4.78, 5) is 2.47. The van der Waals surface area contributed by atoms with Crippen LogP contribution in [0.15, 0.2) is 42.6 Å². The van der Waals surface area contributed by atoms with Gasteiger partial charge < -0.3 is 0 Å². The quantitative estimate of drug-likeness (QED) is 0.731. The monoisotopic (exact) mass is 321 g/mol. The Bertz CT molecular complexity index is 481. The normalized spacial score (nSPS) is 11.1. The predicted molar refractivity (Wildman–Crippen MR) is 82.4 cm³/mol. The first-order chi connectivity index (χ1) is 9.29. The first-order valence-corrected chi connectivity index (χ1v) is 7.71. The zero-order valence-electron chi connectivity index (χ0n) is 11.3. The number of hydrogen-bond donors (Lipinski definition) is 0. The average Bonchev–Trinajstić information content (AvgIpc) is 2.83. The van der Waals surface area contributed by atoms with Crippen LogP contribution in [0.2, 0.25) is 0 Å². The fourth-order valence-electron chi connectivity index (χ4n) is 2.15. The fraction of sp³-hybridized carbons (Fsp3) is 0.400. The molecule has 3 nitrogen and oxygen atoms in total. The maximum atomic E-state index is 4.21. The molecule has 102 valence electrons. The summed E-state index contributed by atoms with van der Waals surface area (Å²) in [6, 6.07) is 12.7. The smallest absolute Gasteiger partial charge is 0.0492 e. The van der Waals surface area contributed by atoms with Crippen LogP contribution in [0.4, 0.5) is 0 Å². The number of alkyl halides is 1. The molecule has 0 saturated heterocycles. The molecule has 0 unspecified atom stereocenters. The highest BCUT2D eigenvalue weighted by Gasteiger charge is 2.07. The van der Waals surface area contributed by atoms with E-state index in [1.807, 2.05) is 17.9 Å². The van der Waals surface area contributed by atoms with Gasteiger partial charge in [0.25, 0.3) is 0 Å². The molecular formula is C15H20BrN3. The van der Waals surface area contributed by atoms with E-state index in [0.717, 1.165) is 31.4 Å². The van der Waals surface area contributed by atoms with Gasteiger partial charge in [0.05, 0.1) is 0 Å². The summed E-state index contributed by atoms with van der Waals surface area (Å²) < 4.78 is 1.95. The van der Waals surface area contributed by atoms with Crippen LogP contribution in [-0.2, 0) is 20.0 Å². The molecule has 0 spiro atoms. The lowest BCUT2D eigenvalue weighted by Crippen LogP contribution is -2.28. The number of halogens is 1. The largest absolute Gasteiger partial charge is 0.298 e. The van der Waals surface area contributed by atoms with Crippen molar-refractivity contribution in [3.05, 3.63) is 53.9 Å². The third-order valence-electron chi connectivity index (χ3n) is 3.26. The first kappa shape index (κ1) is 14.3. The van der Waals surface area contributed by atoms with E-state index in [9.17, 15) is 0 Å². The zero-order valence-corrected chi connectivity index (χ0v) is 12.9. The second-order valence-electron chi connectivity index (χ2n) is 4.65. The number of rotatable bonds is 7. The number of aromatic nitrogens is 2. The number of hydrogen-bond acceptors (Lipinski definition) is 2. The maximum Gasteiger partial charge on any atom is 0.0492 e. The molecule has 0 aliphatic heterocycles. The van der Waals surface area contributed by atoms with Gasteiger partial charge in [0.15, 0.2) is 0 Å². The van der Waals surface area contributed by atoms with E-state index in [1.54, 1.807) is 0 Å². The highest BCUT2D eigenvalue weighted by molar-refractivity contribution is 9.09. The van der Waals surface area contributed by atoms with Crippen LogP contribution in [0, 0.1) is 0 Å². The van der Waals surface area contributed by atoms with Crippen LogP contribution >= 0.6 is 15.9 Å². The van der Waals surface area contributed by atoms with Gasteiger partial charge in [-0.2, -0.15) is 5.10 Å². The van der Waals surface area contributed by atoms with Gasteiger partial charge in [-0.1, -0.05) is 46.3 Å². The number of benzene rings is 1. The molecule has 1 heterocycles. The van der Waals surface area contributed by atoms with Crippen molar-refractivity contribution in [1.29, 1.82) is 0 Å². The summed E-state index contributed by atoms with van der Waals surface area (Å²) >= 11 is 3.54. The van der Waals surface area contributed by atoms with Crippen molar-refractivity contribution in [2.75, 3.05) is 18.4 Å². The fourth-order valence-corrected chi connectivity index (χ4v) is 2.65. The molecule has 0 bridgehead atoms. The average molecular weight is 322 g/mol. The molecule has 0 aliphatic carbocycles. The van der Waals surface area contributed by atoms with Crippen LogP contribution in [0.5, 0.6) is 0 Å². The molecule has 0 fully saturated rings. The Labute approximate surface area is 123 Å². The summed E-state index contributed by atoms with van der Waals surface area (Å²) in [5, 5.41) is 5.22. The highest BCUT2D eigenvalue weighted by atomic mass is 79.9. The molecule has 0 atom stereocenters. The van der Waals surface area contributed by atoms with Gasteiger partial charge >= 0.3 is 0 Å². The minimum absolute atomic E-state index is 1.00. The molecule has 0 aliphatic rings. The van der Waals surface area contributed by atoms with Crippen molar-refractivity contribution >= 4 is 15.9 Å². The van der Waals surface area contributed by atoms with Crippen LogP contribution in [0.25, 0.3) is 0 Å². The molecular weight excluding hydrogens is 302 g/mol. The van der Waals surface area contributed by atoms with E-state index in [1.165, 1.54) is 11.3 Å². The highest BCUT2D eigenvalue weighted by Crippen LogP contribution is 2.07. The van der Waals surface area contributed by atoms with Gasteiger partial charge in [-0.25, -0.2) is 0 Å². The standard InChI is InChI=1S/C15H20BrN3/c1-18-15(7-10-17-18)8-11-19(12-9-16)13-14-5-3-2-4-6-14/h2-7,10H,8-9,11-13H2,1H3. The Balaban J connectivity index is 1.91. The lowest BCUT2D eigenvalue weighted by atomic mass is 10.2. The van der Waals surface area contributed by atoms with Gasteiger partial charge in [0.2, 0.25) is 0 Å².